The summed E-state index contributed by atoms with van der Waals surface area (Å²) in [7, 11) is 1.74. The van der Waals surface area contributed by atoms with E-state index in [1.54, 1.807) is 14.0 Å². The van der Waals surface area contributed by atoms with E-state index in [-0.39, 0.29) is 11.9 Å². The third-order valence-corrected chi connectivity index (χ3v) is 1.88. The smallest absolute Gasteiger partial charge is 0.236 e. The Bertz CT molecular complexity index is 273. The molecule has 0 saturated carbocycles. The summed E-state index contributed by atoms with van der Waals surface area (Å²) in [5.74, 6) is 0.568. The van der Waals surface area contributed by atoms with Crippen LogP contribution in [0.1, 0.15) is 12.7 Å². The number of rotatable bonds is 5. The number of likely N-dealkylation sites (N-methyl/N-ethyl adjacent to an activating group) is 1. The van der Waals surface area contributed by atoms with E-state index in [0.717, 1.165) is 0 Å². The topological polar surface area (TPSA) is 80.0 Å². The molecule has 6 nitrogen and oxygen atoms in total. The third-order valence-electron chi connectivity index (χ3n) is 1.88. The molecule has 1 rings (SSSR count). The lowest BCUT2D eigenvalue weighted by atomic mass is 10.3. The van der Waals surface area contributed by atoms with Gasteiger partial charge in [-0.25, -0.2) is 0 Å². The Morgan fingerprint density at radius 2 is 2.50 bits per heavy atom. The van der Waals surface area contributed by atoms with E-state index in [0.29, 0.717) is 18.8 Å². The van der Waals surface area contributed by atoms with Crippen LogP contribution in [-0.2, 0) is 11.2 Å². The Morgan fingerprint density at radius 3 is 3.07 bits per heavy atom. The van der Waals surface area contributed by atoms with Crippen molar-refractivity contribution in [2.24, 2.45) is 0 Å². The number of carbonyl (C=O) groups excluding carboxylic acids is 1. The molecule has 0 aliphatic heterocycles. The molecule has 2 N–H and O–H groups in total. The van der Waals surface area contributed by atoms with Crippen LogP contribution in [0.3, 0.4) is 0 Å². The second kappa shape index (κ2) is 5.33. The fourth-order valence-corrected chi connectivity index (χ4v) is 0.884. The van der Waals surface area contributed by atoms with Crippen molar-refractivity contribution in [2.75, 3.05) is 13.6 Å². The zero-order chi connectivity index (χ0) is 10.4. The molecule has 1 heterocycles. The maximum absolute atomic E-state index is 11.3. The highest BCUT2D eigenvalue weighted by molar-refractivity contribution is 5.81. The van der Waals surface area contributed by atoms with Crippen LogP contribution in [-0.4, -0.2) is 35.7 Å². The lowest BCUT2D eigenvalue weighted by molar-refractivity contribution is -0.122. The van der Waals surface area contributed by atoms with Gasteiger partial charge in [-0.1, -0.05) is 5.16 Å². The van der Waals surface area contributed by atoms with Gasteiger partial charge in [0.05, 0.1) is 6.04 Å². The van der Waals surface area contributed by atoms with Crippen molar-refractivity contribution in [3.63, 3.8) is 0 Å². The monoisotopic (exact) mass is 198 g/mol. The van der Waals surface area contributed by atoms with Crippen molar-refractivity contribution in [2.45, 2.75) is 19.4 Å². The minimum Gasteiger partial charge on any atom is -0.354 e. The molecule has 6 heteroatoms. The van der Waals surface area contributed by atoms with E-state index in [2.05, 4.69) is 25.3 Å². The molecule has 1 aromatic rings. The van der Waals surface area contributed by atoms with Gasteiger partial charge in [-0.2, -0.15) is 4.98 Å². The first-order valence-corrected chi connectivity index (χ1v) is 4.44. The normalized spacial score (nSPS) is 12.4. The molecule has 1 unspecified atom stereocenters. The van der Waals surface area contributed by atoms with Crippen LogP contribution in [0.2, 0.25) is 0 Å². The van der Waals surface area contributed by atoms with Gasteiger partial charge in [-0.3, -0.25) is 4.79 Å². The van der Waals surface area contributed by atoms with Crippen molar-refractivity contribution in [3.8, 4) is 0 Å². The van der Waals surface area contributed by atoms with Gasteiger partial charge in [-0.15, -0.1) is 0 Å². The second-order valence-corrected chi connectivity index (χ2v) is 2.90. The SMILES string of the molecule is CNC(C)C(=O)NCCc1ncon1. The summed E-state index contributed by atoms with van der Waals surface area (Å²) >= 11 is 0. The van der Waals surface area contributed by atoms with E-state index in [1.165, 1.54) is 6.39 Å². The molecule has 0 aliphatic carbocycles. The van der Waals surface area contributed by atoms with Gasteiger partial charge in [0.25, 0.3) is 0 Å². The molecule has 0 saturated heterocycles. The fraction of sp³-hybridized carbons (Fsp3) is 0.625. The highest BCUT2D eigenvalue weighted by atomic mass is 16.5. The number of hydrogen-bond donors (Lipinski definition) is 2. The molecule has 1 atom stereocenters. The largest absolute Gasteiger partial charge is 0.354 e. The van der Waals surface area contributed by atoms with E-state index in [9.17, 15) is 4.79 Å². The first kappa shape index (κ1) is 10.6. The van der Waals surface area contributed by atoms with E-state index in [4.69, 9.17) is 0 Å². The Balaban J connectivity index is 2.18. The van der Waals surface area contributed by atoms with Gasteiger partial charge in [0.1, 0.15) is 0 Å². The molecule has 0 spiro atoms. The molecule has 0 aliphatic rings. The lowest BCUT2D eigenvalue weighted by Crippen LogP contribution is -2.41. The molecule has 0 radical (unpaired) electrons. The predicted octanol–water partition coefficient (Wildman–Crippen LogP) is -0.664. The van der Waals surface area contributed by atoms with Crippen LogP contribution in [0, 0.1) is 0 Å². The Morgan fingerprint density at radius 1 is 1.71 bits per heavy atom. The molecule has 1 amide bonds. The molecule has 1 aromatic heterocycles. The molecule has 0 bridgehead atoms. The van der Waals surface area contributed by atoms with Crippen LogP contribution < -0.4 is 10.6 Å². The second-order valence-electron chi connectivity index (χ2n) is 2.90. The van der Waals surface area contributed by atoms with Crippen molar-refractivity contribution in [1.82, 2.24) is 20.8 Å². The highest BCUT2D eigenvalue weighted by Crippen LogP contribution is 1.88. The summed E-state index contributed by atoms with van der Waals surface area (Å²) in [4.78, 5) is 15.1. The highest BCUT2D eigenvalue weighted by Gasteiger charge is 2.09. The number of amides is 1. The van der Waals surface area contributed by atoms with Crippen molar-refractivity contribution < 1.29 is 9.32 Å². The predicted molar refractivity (Wildman–Crippen MR) is 49.5 cm³/mol. The standard InChI is InChI=1S/C8H14N4O2/c1-6(9-2)8(13)10-4-3-7-11-5-14-12-7/h5-6,9H,3-4H2,1-2H3,(H,10,13). The van der Waals surface area contributed by atoms with Crippen molar-refractivity contribution >= 4 is 5.91 Å². The van der Waals surface area contributed by atoms with Crippen LogP contribution in [0.25, 0.3) is 0 Å². The van der Waals surface area contributed by atoms with Gasteiger partial charge in [-0.05, 0) is 14.0 Å². The summed E-state index contributed by atoms with van der Waals surface area (Å²) in [6, 6.07) is -0.180. The molecular formula is C8H14N4O2. The lowest BCUT2D eigenvalue weighted by Gasteiger charge is -2.09. The number of nitrogens with one attached hydrogen (secondary N) is 2. The Hall–Kier alpha value is -1.43. The van der Waals surface area contributed by atoms with Gasteiger partial charge in [0.2, 0.25) is 12.3 Å². The molecular weight excluding hydrogens is 184 g/mol. The van der Waals surface area contributed by atoms with Crippen LogP contribution in [0.15, 0.2) is 10.9 Å². The third kappa shape index (κ3) is 3.14. The number of aromatic nitrogens is 2. The zero-order valence-electron chi connectivity index (χ0n) is 8.28. The van der Waals surface area contributed by atoms with Crippen LogP contribution >= 0.6 is 0 Å². The summed E-state index contributed by atoms with van der Waals surface area (Å²) in [6.07, 6.45) is 1.85. The van der Waals surface area contributed by atoms with Crippen LogP contribution in [0.4, 0.5) is 0 Å². The average Bonchev–Trinajstić information content (AvgIpc) is 2.69. The first-order valence-electron chi connectivity index (χ1n) is 4.44. The van der Waals surface area contributed by atoms with Gasteiger partial charge in [0, 0.05) is 13.0 Å². The maximum Gasteiger partial charge on any atom is 0.236 e. The maximum atomic E-state index is 11.3. The quantitative estimate of drug-likeness (QED) is 0.656. The van der Waals surface area contributed by atoms with E-state index < -0.39 is 0 Å². The summed E-state index contributed by atoms with van der Waals surface area (Å²) < 4.78 is 4.55. The van der Waals surface area contributed by atoms with Crippen molar-refractivity contribution in [1.29, 1.82) is 0 Å². The van der Waals surface area contributed by atoms with Gasteiger partial charge < -0.3 is 15.2 Å². The zero-order valence-corrected chi connectivity index (χ0v) is 8.28. The minimum atomic E-state index is -0.180. The average molecular weight is 198 g/mol. The van der Waals surface area contributed by atoms with E-state index >= 15 is 0 Å². The van der Waals surface area contributed by atoms with E-state index in [1.807, 2.05) is 0 Å². The van der Waals surface area contributed by atoms with Gasteiger partial charge >= 0.3 is 0 Å². The molecule has 14 heavy (non-hydrogen) atoms. The summed E-state index contributed by atoms with van der Waals surface area (Å²) in [5.41, 5.74) is 0. The number of carbonyl (C=O) groups is 1. The molecule has 0 aromatic carbocycles. The Labute approximate surface area is 82.1 Å². The van der Waals surface area contributed by atoms with Gasteiger partial charge in [0.15, 0.2) is 5.82 Å². The van der Waals surface area contributed by atoms with Crippen molar-refractivity contribution in [3.05, 3.63) is 12.2 Å². The minimum absolute atomic E-state index is 0.0315. The number of nitrogens with zero attached hydrogens (tertiary/aromatic N) is 2. The molecule has 78 valence electrons. The number of hydrogen-bond acceptors (Lipinski definition) is 5. The molecule has 0 fully saturated rings. The van der Waals surface area contributed by atoms with Crippen LogP contribution in [0.5, 0.6) is 0 Å². The summed E-state index contributed by atoms with van der Waals surface area (Å²) in [5, 5.41) is 9.22. The Kier molecular flexibility index (Phi) is 4.06. The summed E-state index contributed by atoms with van der Waals surface area (Å²) in [6.45, 7) is 2.31. The first-order chi connectivity index (χ1) is 6.74. The fourth-order valence-electron chi connectivity index (χ4n) is 0.884.